The fourth-order valence-corrected chi connectivity index (χ4v) is 1.60. The summed E-state index contributed by atoms with van der Waals surface area (Å²) >= 11 is 0. The van der Waals surface area contributed by atoms with E-state index in [0.717, 1.165) is 12.5 Å². The molecule has 0 saturated carbocycles. The van der Waals surface area contributed by atoms with Gasteiger partial charge in [0.2, 0.25) is 0 Å². The Bertz CT molecular complexity index is 93.7. The van der Waals surface area contributed by atoms with E-state index < -0.39 is 9.28 Å². The molecule has 0 unspecified atom stereocenters. The van der Waals surface area contributed by atoms with E-state index in [4.69, 9.17) is 15.3 Å². The van der Waals surface area contributed by atoms with Crippen molar-refractivity contribution in [2.75, 3.05) is 14.2 Å². The van der Waals surface area contributed by atoms with Gasteiger partial charge in [-0.3, -0.25) is 0 Å². The van der Waals surface area contributed by atoms with Crippen LogP contribution in [0, 0.1) is 12.3 Å². The molecule has 0 aromatic rings. The van der Waals surface area contributed by atoms with Crippen molar-refractivity contribution in [3.05, 3.63) is 0 Å². The van der Waals surface area contributed by atoms with Gasteiger partial charge in [-0.2, -0.15) is 0 Å². The molecule has 0 fully saturated rings. The van der Waals surface area contributed by atoms with Crippen molar-refractivity contribution in [1.29, 1.82) is 0 Å². The summed E-state index contributed by atoms with van der Waals surface area (Å²) < 4.78 is 10.0. The fourth-order valence-electron chi connectivity index (χ4n) is 0.533. The number of rotatable bonds is 4. The molecule has 0 N–H and O–H groups in total. The van der Waals surface area contributed by atoms with Crippen LogP contribution in [0.5, 0.6) is 0 Å². The lowest BCUT2D eigenvalue weighted by Crippen LogP contribution is -2.17. The molecular formula is C6H12O2Si. The highest BCUT2D eigenvalue weighted by molar-refractivity contribution is 6.44. The lowest BCUT2D eigenvalue weighted by atomic mass is 10.5. The lowest BCUT2D eigenvalue weighted by Gasteiger charge is -2.07. The molecule has 0 saturated heterocycles. The third-order valence-electron chi connectivity index (χ3n) is 1.05. The second kappa shape index (κ2) is 5.83. The first-order valence-electron chi connectivity index (χ1n) is 2.84. The maximum atomic E-state index is 5.05. The molecule has 0 bridgehead atoms. The molecule has 0 amide bonds. The Labute approximate surface area is 58.0 Å². The molecule has 0 aliphatic heterocycles. The lowest BCUT2D eigenvalue weighted by molar-refractivity contribution is 0.278. The van der Waals surface area contributed by atoms with Gasteiger partial charge in [0.15, 0.2) is 0 Å². The summed E-state index contributed by atoms with van der Waals surface area (Å²) in [5.41, 5.74) is 0. The Kier molecular flexibility index (Phi) is 5.63. The Morgan fingerprint density at radius 2 is 2.00 bits per heavy atom. The zero-order valence-electron chi connectivity index (χ0n) is 5.89. The molecule has 9 heavy (non-hydrogen) atoms. The largest absolute Gasteiger partial charge is 0.400 e. The second-order valence-corrected chi connectivity index (χ2v) is 4.02. The summed E-state index contributed by atoms with van der Waals surface area (Å²) in [7, 11) is 1.97. The van der Waals surface area contributed by atoms with E-state index >= 15 is 0 Å². The first kappa shape index (κ1) is 8.70. The van der Waals surface area contributed by atoms with Crippen molar-refractivity contribution in [2.24, 2.45) is 0 Å². The van der Waals surface area contributed by atoms with Gasteiger partial charge >= 0.3 is 9.28 Å². The maximum Gasteiger partial charge on any atom is 0.321 e. The van der Waals surface area contributed by atoms with E-state index in [1.807, 2.05) is 0 Å². The van der Waals surface area contributed by atoms with Crippen molar-refractivity contribution in [3.63, 3.8) is 0 Å². The molecule has 0 atom stereocenters. The molecule has 0 radical (unpaired) electrons. The Balaban J connectivity index is 3.22. The van der Waals surface area contributed by atoms with Gasteiger partial charge in [0.25, 0.3) is 0 Å². The first-order valence-corrected chi connectivity index (χ1v) is 4.60. The van der Waals surface area contributed by atoms with Crippen LogP contribution in [-0.4, -0.2) is 23.5 Å². The van der Waals surface area contributed by atoms with Gasteiger partial charge in [-0.25, -0.2) is 0 Å². The molecule has 0 heterocycles. The van der Waals surface area contributed by atoms with Gasteiger partial charge in [-0.15, -0.1) is 12.3 Å². The highest BCUT2D eigenvalue weighted by atomic mass is 28.3. The smallest absolute Gasteiger partial charge is 0.321 e. The highest BCUT2D eigenvalue weighted by Crippen LogP contribution is 1.96. The molecule has 0 rings (SSSR count). The molecule has 52 valence electrons. The molecule has 0 aliphatic rings. The predicted octanol–water partition coefficient (Wildman–Crippen LogP) is 0.523. The molecule has 0 aliphatic carbocycles. The van der Waals surface area contributed by atoms with Crippen LogP contribution in [0.4, 0.5) is 0 Å². The third-order valence-corrected chi connectivity index (χ3v) is 2.86. The number of hydrogen-bond donors (Lipinski definition) is 0. The number of terminal acetylenes is 1. The average Bonchev–Trinajstić information content (AvgIpc) is 1.91. The van der Waals surface area contributed by atoms with Gasteiger partial charge in [-0.1, -0.05) is 0 Å². The summed E-state index contributed by atoms with van der Waals surface area (Å²) in [5, 5.41) is 0. The standard InChI is InChI=1S/C6H12O2Si/c1-4-5-6-9(7-2)8-3/h1,9H,5-6H2,2-3H3. The van der Waals surface area contributed by atoms with Crippen molar-refractivity contribution >= 4 is 9.28 Å². The fraction of sp³-hybridized carbons (Fsp3) is 0.667. The van der Waals surface area contributed by atoms with E-state index in [1.54, 1.807) is 14.2 Å². The van der Waals surface area contributed by atoms with Crippen LogP contribution in [-0.2, 0) is 8.85 Å². The molecule has 0 aromatic heterocycles. The summed E-state index contributed by atoms with van der Waals surface area (Å²) in [6.45, 7) is 0. The second-order valence-electron chi connectivity index (χ2n) is 1.64. The van der Waals surface area contributed by atoms with Gasteiger partial charge in [-0.05, 0) is 6.04 Å². The van der Waals surface area contributed by atoms with Gasteiger partial charge in [0.05, 0.1) is 0 Å². The van der Waals surface area contributed by atoms with Crippen LogP contribution >= 0.6 is 0 Å². The average molecular weight is 144 g/mol. The molecule has 3 heteroatoms. The molecular weight excluding hydrogens is 132 g/mol. The summed E-state index contributed by atoms with van der Waals surface area (Å²) in [6, 6.07) is 0.906. The SMILES string of the molecule is C#CCC[SiH](OC)OC. The van der Waals surface area contributed by atoms with Crippen molar-refractivity contribution in [1.82, 2.24) is 0 Å². The minimum absolute atomic E-state index is 0.762. The quantitative estimate of drug-likeness (QED) is 0.423. The van der Waals surface area contributed by atoms with Gasteiger partial charge < -0.3 is 8.85 Å². The van der Waals surface area contributed by atoms with Crippen LogP contribution in [0.15, 0.2) is 0 Å². The monoisotopic (exact) mass is 144 g/mol. The highest BCUT2D eigenvalue weighted by Gasteiger charge is 2.06. The zero-order chi connectivity index (χ0) is 7.11. The van der Waals surface area contributed by atoms with Crippen LogP contribution in [0.2, 0.25) is 6.04 Å². The Hall–Kier alpha value is -0.303. The number of hydrogen-bond acceptors (Lipinski definition) is 2. The zero-order valence-corrected chi connectivity index (χ0v) is 7.04. The predicted molar refractivity (Wildman–Crippen MR) is 39.4 cm³/mol. The normalized spacial score (nSPS) is 9.56. The van der Waals surface area contributed by atoms with Crippen molar-refractivity contribution < 1.29 is 8.85 Å². The summed E-state index contributed by atoms with van der Waals surface area (Å²) in [6.07, 6.45) is 5.81. The molecule has 0 aromatic carbocycles. The minimum atomic E-state index is -1.35. The first-order chi connectivity index (χ1) is 4.35. The molecule has 2 nitrogen and oxygen atoms in total. The van der Waals surface area contributed by atoms with Crippen LogP contribution < -0.4 is 0 Å². The van der Waals surface area contributed by atoms with Gasteiger partial charge in [0, 0.05) is 20.6 Å². The van der Waals surface area contributed by atoms with Crippen LogP contribution in [0.1, 0.15) is 6.42 Å². The third kappa shape index (κ3) is 4.22. The van der Waals surface area contributed by atoms with Gasteiger partial charge in [0.1, 0.15) is 0 Å². The van der Waals surface area contributed by atoms with Crippen molar-refractivity contribution in [2.45, 2.75) is 12.5 Å². The topological polar surface area (TPSA) is 18.5 Å². The summed E-state index contributed by atoms with van der Waals surface area (Å²) in [4.78, 5) is 0. The maximum absolute atomic E-state index is 5.05. The molecule has 0 spiro atoms. The Morgan fingerprint density at radius 3 is 2.33 bits per heavy atom. The van der Waals surface area contributed by atoms with E-state index in [1.165, 1.54) is 0 Å². The van der Waals surface area contributed by atoms with E-state index in [9.17, 15) is 0 Å². The van der Waals surface area contributed by atoms with E-state index in [2.05, 4.69) is 5.92 Å². The minimum Gasteiger partial charge on any atom is -0.400 e. The summed E-state index contributed by atoms with van der Waals surface area (Å²) in [5.74, 6) is 2.54. The van der Waals surface area contributed by atoms with Crippen molar-refractivity contribution in [3.8, 4) is 12.3 Å². The van der Waals surface area contributed by atoms with Crippen LogP contribution in [0.25, 0.3) is 0 Å². The van der Waals surface area contributed by atoms with E-state index in [0.29, 0.717) is 0 Å². The Morgan fingerprint density at radius 1 is 1.44 bits per heavy atom. The van der Waals surface area contributed by atoms with Crippen LogP contribution in [0.3, 0.4) is 0 Å². The van der Waals surface area contributed by atoms with E-state index in [-0.39, 0.29) is 0 Å².